The highest BCUT2D eigenvalue weighted by molar-refractivity contribution is 9.10. The third kappa shape index (κ3) is 4.69. The molecule has 0 unspecified atom stereocenters. The fourth-order valence-corrected chi connectivity index (χ4v) is 2.25. The van der Waals surface area contributed by atoms with E-state index in [-0.39, 0.29) is 11.9 Å². The molecule has 1 aromatic carbocycles. The fourth-order valence-electron chi connectivity index (χ4n) is 1.77. The predicted molar refractivity (Wildman–Crippen MR) is 79.9 cm³/mol. The first-order valence-corrected chi connectivity index (χ1v) is 7.15. The maximum absolute atomic E-state index is 11.7. The number of anilines is 1. The molecule has 0 aliphatic heterocycles. The first kappa shape index (κ1) is 15.0. The number of hydrogen-bond donors (Lipinski definition) is 2. The van der Waals surface area contributed by atoms with E-state index in [9.17, 15) is 4.79 Å². The van der Waals surface area contributed by atoms with Gasteiger partial charge in [-0.3, -0.25) is 4.79 Å². The molecule has 18 heavy (non-hydrogen) atoms. The lowest BCUT2D eigenvalue weighted by Gasteiger charge is -2.16. The van der Waals surface area contributed by atoms with Crippen LogP contribution in [0.15, 0.2) is 22.7 Å². The van der Waals surface area contributed by atoms with Crippen LogP contribution in [0.4, 0.5) is 5.69 Å². The van der Waals surface area contributed by atoms with Crippen molar-refractivity contribution in [1.82, 2.24) is 5.32 Å². The van der Waals surface area contributed by atoms with Gasteiger partial charge in [0.2, 0.25) is 5.91 Å². The lowest BCUT2D eigenvalue weighted by atomic mass is 10.2. The Morgan fingerprint density at radius 3 is 2.56 bits per heavy atom. The Morgan fingerprint density at radius 2 is 2.00 bits per heavy atom. The Labute approximate surface area is 117 Å². The molecule has 0 aliphatic rings. The van der Waals surface area contributed by atoms with Gasteiger partial charge in [-0.2, -0.15) is 0 Å². The molecule has 0 spiro atoms. The number of aryl methyl sites for hydroxylation is 1. The van der Waals surface area contributed by atoms with Crippen LogP contribution in [-0.2, 0) is 4.79 Å². The average Bonchev–Trinajstić information content (AvgIpc) is 2.35. The number of carbonyl (C=O) groups excluding carboxylic acids is 1. The van der Waals surface area contributed by atoms with Crippen LogP contribution in [0.25, 0.3) is 0 Å². The number of halogens is 1. The van der Waals surface area contributed by atoms with Gasteiger partial charge in [-0.15, -0.1) is 0 Å². The van der Waals surface area contributed by atoms with Gasteiger partial charge in [-0.25, -0.2) is 0 Å². The summed E-state index contributed by atoms with van der Waals surface area (Å²) in [4.78, 5) is 11.7. The van der Waals surface area contributed by atoms with Gasteiger partial charge in [-0.1, -0.05) is 29.8 Å². The van der Waals surface area contributed by atoms with Gasteiger partial charge in [0.1, 0.15) is 0 Å². The minimum Gasteiger partial charge on any atom is -0.376 e. The standard InChI is InChI=1S/C14H21BrN2O/c1-4-12(5-2)17-14(18)9-16-13-7-6-11(15)8-10(13)3/h6-8,12,16H,4-5,9H2,1-3H3,(H,17,18). The zero-order valence-electron chi connectivity index (χ0n) is 11.2. The summed E-state index contributed by atoms with van der Waals surface area (Å²) in [7, 11) is 0. The molecule has 100 valence electrons. The minimum absolute atomic E-state index is 0.0472. The van der Waals surface area contributed by atoms with Gasteiger partial charge in [0, 0.05) is 16.2 Å². The molecule has 0 bridgehead atoms. The third-order valence-corrected chi connectivity index (χ3v) is 3.47. The van der Waals surface area contributed by atoms with Gasteiger partial charge >= 0.3 is 0 Å². The smallest absolute Gasteiger partial charge is 0.239 e. The first-order valence-electron chi connectivity index (χ1n) is 6.36. The molecular formula is C14H21BrN2O. The average molecular weight is 313 g/mol. The second-order valence-corrected chi connectivity index (χ2v) is 5.31. The van der Waals surface area contributed by atoms with Crippen LogP contribution in [0.1, 0.15) is 32.3 Å². The second kappa shape index (κ2) is 7.41. The molecule has 1 rings (SSSR count). The van der Waals surface area contributed by atoms with Crippen molar-refractivity contribution in [2.75, 3.05) is 11.9 Å². The molecule has 0 saturated carbocycles. The Morgan fingerprint density at radius 1 is 1.33 bits per heavy atom. The van der Waals surface area contributed by atoms with E-state index in [0.717, 1.165) is 28.6 Å². The van der Waals surface area contributed by atoms with E-state index >= 15 is 0 Å². The molecule has 0 fully saturated rings. The minimum atomic E-state index is 0.0472. The van der Waals surface area contributed by atoms with Crippen LogP contribution in [0.3, 0.4) is 0 Å². The van der Waals surface area contributed by atoms with Crippen LogP contribution in [0, 0.1) is 6.92 Å². The molecule has 0 atom stereocenters. The van der Waals surface area contributed by atoms with Crippen LogP contribution in [-0.4, -0.2) is 18.5 Å². The first-order chi connectivity index (χ1) is 8.56. The zero-order chi connectivity index (χ0) is 13.5. The maximum Gasteiger partial charge on any atom is 0.239 e. The summed E-state index contributed by atoms with van der Waals surface area (Å²) in [6.07, 6.45) is 1.94. The topological polar surface area (TPSA) is 41.1 Å². The van der Waals surface area contributed by atoms with Crippen molar-refractivity contribution in [2.45, 2.75) is 39.7 Å². The van der Waals surface area contributed by atoms with Gasteiger partial charge < -0.3 is 10.6 Å². The summed E-state index contributed by atoms with van der Waals surface area (Å²) in [6.45, 7) is 6.51. The number of carbonyl (C=O) groups is 1. The predicted octanol–water partition coefficient (Wildman–Crippen LogP) is 3.47. The Balaban J connectivity index is 2.47. The molecular weight excluding hydrogens is 292 g/mol. The summed E-state index contributed by atoms with van der Waals surface area (Å²) >= 11 is 3.42. The number of nitrogens with one attached hydrogen (secondary N) is 2. The van der Waals surface area contributed by atoms with Crippen LogP contribution in [0.5, 0.6) is 0 Å². The van der Waals surface area contributed by atoms with Gasteiger partial charge in [0.25, 0.3) is 0 Å². The normalized spacial score (nSPS) is 10.5. The Kier molecular flexibility index (Phi) is 6.19. The molecule has 0 aromatic heterocycles. The quantitative estimate of drug-likeness (QED) is 0.844. The van der Waals surface area contributed by atoms with Crippen molar-refractivity contribution in [3.05, 3.63) is 28.2 Å². The SMILES string of the molecule is CCC(CC)NC(=O)CNc1ccc(Br)cc1C. The van der Waals surface area contributed by atoms with Gasteiger partial charge in [-0.05, 0) is 43.5 Å². The van der Waals surface area contributed by atoms with E-state index in [1.54, 1.807) is 0 Å². The van der Waals surface area contributed by atoms with E-state index < -0.39 is 0 Å². The second-order valence-electron chi connectivity index (χ2n) is 4.39. The largest absolute Gasteiger partial charge is 0.376 e. The third-order valence-electron chi connectivity index (χ3n) is 2.98. The highest BCUT2D eigenvalue weighted by Gasteiger charge is 2.08. The van der Waals surface area contributed by atoms with Crippen LogP contribution >= 0.6 is 15.9 Å². The molecule has 2 N–H and O–H groups in total. The lowest BCUT2D eigenvalue weighted by molar-refractivity contribution is -0.120. The Hall–Kier alpha value is -1.03. The summed E-state index contributed by atoms with van der Waals surface area (Å²) in [5.74, 6) is 0.0472. The van der Waals surface area contributed by atoms with E-state index in [1.165, 1.54) is 0 Å². The highest BCUT2D eigenvalue weighted by atomic mass is 79.9. The number of benzene rings is 1. The fraction of sp³-hybridized carbons (Fsp3) is 0.500. The molecule has 3 nitrogen and oxygen atoms in total. The summed E-state index contributed by atoms with van der Waals surface area (Å²) < 4.78 is 1.05. The van der Waals surface area contributed by atoms with Crippen molar-refractivity contribution in [3.8, 4) is 0 Å². The van der Waals surface area contributed by atoms with Crippen molar-refractivity contribution in [2.24, 2.45) is 0 Å². The zero-order valence-corrected chi connectivity index (χ0v) is 12.8. The molecule has 0 saturated heterocycles. The van der Waals surface area contributed by atoms with E-state index in [1.807, 2.05) is 25.1 Å². The van der Waals surface area contributed by atoms with Gasteiger partial charge in [0.15, 0.2) is 0 Å². The number of hydrogen-bond acceptors (Lipinski definition) is 2. The van der Waals surface area contributed by atoms with Crippen molar-refractivity contribution >= 4 is 27.5 Å². The van der Waals surface area contributed by atoms with E-state index in [2.05, 4.69) is 40.4 Å². The van der Waals surface area contributed by atoms with Crippen molar-refractivity contribution < 1.29 is 4.79 Å². The van der Waals surface area contributed by atoms with E-state index in [0.29, 0.717) is 6.54 Å². The molecule has 1 amide bonds. The molecule has 0 radical (unpaired) electrons. The molecule has 4 heteroatoms. The van der Waals surface area contributed by atoms with Crippen molar-refractivity contribution in [3.63, 3.8) is 0 Å². The van der Waals surface area contributed by atoms with E-state index in [4.69, 9.17) is 0 Å². The molecule has 0 aliphatic carbocycles. The summed E-state index contributed by atoms with van der Waals surface area (Å²) in [5.41, 5.74) is 2.12. The maximum atomic E-state index is 11.7. The summed E-state index contributed by atoms with van der Waals surface area (Å²) in [5, 5.41) is 6.17. The monoisotopic (exact) mass is 312 g/mol. The Bertz CT molecular complexity index is 403. The summed E-state index contributed by atoms with van der Waals surface area (Å²) in [6, 6.07) is 6.25. The van der Waals surface area contributed by atoms with Crippen molar-refractivity contribution in [1.29, 1.82) is 0 Å². The van der Waals surface area contributed by atoms with Gasteiger partial charge in [0.05, 0.1) is 6.54 Å². The lowest BCUT2D eigenvalue weighted by Crippen LogP contribution is -2.37. The van der Waals surface area contributed by atoms with Crippen LogP contribution < -0.4 is 10.6 Å². The number of rotatable bonds is 6. The highest BCUT2D eigenvalue weighted by Crippen LogP contribution is 2.19. The number of amides is 1. The molecule has 0 heterocycles. The molecule has 1 aromatic rings. The van der Waals surface area contributed by atoms with Crippen LogP contribution in [0.2, 0.25) is 0 Å².